The highest BCUT2D eigenvalue weighted by Gasteiger charge is 2.53. The molecular weight excluding hydrogens is 389 g/mol. The Morgan fingerprint density at radius 1 is 1.26 bits per heavy atom. The number of nitrogens with one attached hydrogen (secondary N) is 1. The van der Waals surface area contributed by atoms with Crippen molar-refractivity contribution in [2.75, 3.05) is 18.4 Å². The zero-order valence-corrected chi connectivity index (χ0v) is 15.4. The van der Waals surface area contributed by atoms with Crippen molar-refractivity contribution in [3.63, 3.8) is 0 Å². The van der Waals surface area contributed by atoms with Gasteiger partial charge in [0.2, 0.25) is 5.91 Å². The van der Waals surface area contributed by atoms with Gasteiger partial charge in [0.1, 0.15) is 0 Å². The first-order valence-electron chi connectivity index (χ1n) is 7.96. The first-order chi connectivity index (χ1) is 12.0. The summed E-state index contributed by atoms with van der Waals surface area (Å²) in [5.41, 5.74) is 0.732. The molecule has 0 aliphatic carbocycles. The van der Waals surface area contributed by atoms with E-state index in [2.05, 4.69) is 5.32 Å². The number of ketones is 1. The van der Waals surface area contributed by atoms with Crippen LogP contribution in [0.3, 0.4) is 0 Å². The van der Waals surface area contributed by atoms with Crippen molar-refractivity contribution in [1.82, 2.24) is 4.90 Å². The Labute approximate surface area is 160 Å². The van der Waals surface area contributed by atoms with E-state index in [0.717, 1.165) is 0 Å². The second kappa shape index (κ2) is 8.71. The summed E-state index contributed by atoms with van der Waals surface area (Å²) >= 11 is 0. The van der Waals surface area contributed by atoms with Gasteiger partial charge in [-0.1, -0.05) is 12.1 Å². The Morgan fingerprint density at radius 3 is 2.37 bits per heavy atom. The molecule has 2 N–H and O–H groups in total. The largest absolute Gasteiger partial charge is 0.481 e. The second-order valence-corrected chi connectivity index (χ2v) is 6.35. The third-order valence-corrected chi connectivity index (χ3v) is 4.55. The lowest BCUT2D eigenvalue weighted by molar-refractivity contribution is -0.188. The molecule has 0 radical (unpaired) electrons. The molecule has 2 rings (SSSR count). The van der Waals surface area contributed by atoms with Crippen LogP contribution >= 0.6 is 12.4 Å². The molecule has 0 aromatic heterocycles. The van der Waals surface area contributed by atoms with Crippen LogP contribution in [0.4, 0.5) is 18.9 Å². The Kier molecular flexibility index (Phi) is 7.39. The predicted octanol–water partition coefficient (Wildman–Crippen LogP) is 2.83. The quantitative estimate of drug-likeness (QED) is 0.732. The van der Waals surface area contributed by atoms with E-state index in [1.807, 2.05) is 0 Å². The topological polar surface area (TPSA) is 86.7 Å². The van der Waals surface area contributed by atoms with E-state index in [1.54, 1.807) is 18.2 Å². The normalized spacial score (nSPS) is 21.2. The van der Waals surface area contributed by atoms with Crippen molar-refractivity contribution >= 4 is 35.8 Å². The van der Waals surface area contributed by atoms with Crippen molar-refractivity contribution in [3.05, 3.63) is 29.8 Å². The Bertz CT molecular complexity index is 726. The van der Waals surface area contributed by atoms with Crippen LogP contribution in [0.2, 0.25) is 0 Å². The van der Waals surface area contributed by atoms with E-state index in [0.29, 0.717) is 11.3 Å². The van der Waals surface area contributed by atoms with Crippen LogP contribution in [0, 0.1) is 11.8 Å². The minimum atomic E-state index is -4.65. The van der Waals surface area contributed by atoms with Crippen LogP contribution in [0.15, 0.2) is 24.3 Å². The minimum absolute atomic E-state index is 0. The van der Waals surface area contributed by atoms with Crippen molar-refractivity contribution in [2.24, 2.45) is 11.8 Å². The number of rotatable bonds is 5. The molecule has 3 atom stereocenters. The smallest absolute Gasteiger partial charge is 0.393 e. The summed E-state index contributed by atoms with van der Waals surface area (Å²) in [7, 11) is 0. The number of hydrogen-bond acceptors (Lipinski definition) is 4. The van der Waals surface area contributed by atoms with Crippen LogP contribution < -0.4 is 5.32 Å². The maximum absolute atomic E-state index is 13.1. The maximum Gasteiger partial charge on any atom is 0.393 e. The number of benzene rings is 1. The third kappa shape index (κ3) is 5.43. The summed E-state index contributed by atoms with van der Waals surface area (Å²) in [6, 6.07) is 5.22. The SMILES string of the molecule is CC(=O)c1cccc(NC(=O)C(C)N2C[C@@H](C(F)(F)F)[C@H](C(=O)O)C2)c1.Cl. The summed E-state index contributed by atoms with van der Waals surface area (Å²) in [4.78, 5) is 36.1. The zero-order chi connectivity index (χ0) is 19.6. The van der Waals surface area contributed by atoms with Crippen LogP contribution in [-0.2, 0) is 9.59 Å². The summed E-state index contributed by atoms with van der Waals surface area (Å²) in [5.74, 6) is -5.91. The molecular formula is C17H20ClF3N2O4. The number of carboxylic acid groups (broad SMARTS) is 1. The van der Waals surface area contributed by atoms with E-state index in [1.165, 1.54) is 24.8 Å². The number of hydrogen-bond donors (Lipinski definition) is 2. The van der Waals surface area contributed by atoms with Crippen LogP contribution in [0.25, 0.3) is 0 Å². The number of carbonyl (C=O) groups is 3. The molecule has 0 spiro atoms. The van der Waals surface area contributed by atoms with Gasteiger partial charge in [-0.05, 0) is 26.0 Å². The summed E-state index contributed by atoms with van der Waals surface area (Å²) in [6.07, 6.45) is -4.65. The fourth-order valence-corrected chi connectivity index (χ4v) is 2.96. The fraction of sp³-hybridized carbons (Fsp3) is 0.471. The first kappa shape index (κ1) is 22.9. The molecule has 1 unspecified atom stereocenters. The standard InChI is InChI=1S/C17H19F3N2O4.ClH/c1-9(15(24)21-12-5-3-4-11(6-12)10(2)23)22-7-13(16(25)26)14(8-22)17(18,19)20;/h3-6,9,13-14H,7-8H2,1-2H3,(H,21,24)(H,25,26);1H/t9?,13-,14-;/m1./s1. The minimum Gasteiger partial charge on any atom is -0.481 e. The lowest BCUT2D eigenvalue weighted by atomic mass is 9.96. The van der Waals surface area contributed by atoms with Crippen molar-refractivity contribution in [2.45, 2.75) is 26.1 Å². The molecule has 0 bridgehead atoms. The molecule has 27 heavy (non-hydrogen) atoms. The molecule has 1 aromatic rings. The van der Waals surface area contributed by atoms with Crippen LogP contribution in [-0.4, -0.2) is 53.0 Å². The molecule has 150 valence electrons. The van der Waals surface area contributed by atoms with E-state index in [9.17, 15) is 27.6 Å². The third-order valence-electron chi connectivity index (χ3n) is 4.55. The van der Waals surface area contributed by atoms with Gasteiger partial charge in [-0.3, -0.25) is 19.3 Å². The molecule has 1 saturated heterocycles. The summed E-state index contributed by atoms with van der Waals surface area (Å²) in [5, 5.41) is 11.6. The summed E-state index contributed by atoms with van der Waals surface area (Å²) < 4.78 is 39.2. The highest BCUT2D eigenvalue weighted by Crippen LogP contribution is 2.38. The molecule has 1 fully saturated rings. The number of aliphatic carboxylic acids is 1. The molecule has 0 saturated carbocycles. The average Bonchev–Trinajstić information content (AvgIpc) is 3.00. The van der Waals surface area contributed by atoms with Crippen LogP contribution in [0.5, 0.6) is 0 Å². The number of nitrogens with zero attached hydrogens (tertiary/aromatic N) is 1. The molecule has 1 aromatic carbocycles. The molecule has 1 heterocycles. The Balaban J connectivity index is 0.00000364. The van der Waals surface area contributed by atoms with Gasteiger partial charge >= 0.3 is 12.1 Å². The zero-order valence-electron chi connectivity index (χ0n) is 14.6. The number of carbonyl (C=O) groups excluding carboxylic acids is 2. The van der Waals surface area contributed by atoms with Gasteiger partial charge in [-0.15, -0.1) is 12.4 Å². The fourth-order valence-electron chi connectivity index (χ4n) is 2.96. The summed E-state index contributed by atoms with van der Waals surface area (Å²) in [6.45, 7) is 1.88. The van der Waals surface area contributed by atoms with Crippen LogP contribution in [0.1, 0.15) is 24.2 Å². The van der Waals surface area contributed by atoms with Gasteiger partial charge in [0.25, 0.3) is 0 Å². The van der Waals surface area contributed by atoms with Gasteiger partial charge in [0.15, 0.2) is 5.78 Å². The Morgan fingerprint density at radius 2 is 1.89 bits per heavy atom. The molecule has 6 nitrogen and oxygen atoms in total. The highest BCUT2D eigenvalue weighted by atomic mass is 35.5. The first-order valence-corrected chi connectivity index (χ1v) is 7.96. The van der Waals surface area contributed by atoms with E-state index in [-0.39, 0.29) is 24.7 Å². The van der Waals surface area contributed by atoms with Gasteiger partial charge in [0, 0.05) is 24.3 Å². The van der Waals surface area contributed by atoms with Crippen molar-refractivity contribution < 1.29 is 32.7 Å². The van der Waals surface area contributed by atoms with E-state index in [4.69, 9.17) is 5.11 Å². The number of alkyl halides is 3. The second-order valence-electron chi connectivity index (χ2n) is 6.35. The van der Waals surface area contributed by atoms with Gasteiger partial charge in [0.05, 0.1) is 17.9 Å². The van der Waals surface area contributed by atoms with Gasteiger partial charge in [-0.2, -0.15) is 13.2 Å². The number of likely N-dealkylation sites (tertiary alicyclic amines) is 1. The Hall–Kier alpha value is -2.13. The van der Waals surface area contributed by atoms with Gasteiger partial charge in [-0.25, -0.2) is 0 Å². The number of carboxylic acids is 1. The molecule has 1 aliphatic heterocycles. The number of amides is 1. The molecule has 10 heteroatoms. The average molecular weight is 409 g/mol. The predicted molar refractivity (Wildman–Crippen MR) is 94.0 cm³/mol. The highest BCUT2D eigenvalue weighted by molar-refractivity contribution is 5.98. The monoisotopic (exact) mass is 408 g/mol. The van der Waals surface area contributed by atoms with E-state index >= 15 is 0 Å². The maximum atomic E-state index is 13.1. The van der Waals surface area contributed by atoms with Gasteiger partial charge < -0.3 is 10.4 Å². The molecule has 1 aliphatic rings. The lowest BCUT2D eigenvalue weighted by Crippen LogP contribution is -2.41. The number of Topliss-reactive ketones (excluding diaryl/α,β-unsaturated/α-hetero) is 1. The molecule has 1 amide bonds. The lowest BCUT2D eigenvalue weighted by Gasteiger charge is -2.23. The number of halogens is 4. The van der Waals surface area contributed by atoms with Crippen molar-refractivity contribution in [1.29, 1.82) is 0 Å². The van der Waals surface area contributed by atoms with E-state index < -0.39 is 42.5 Å². The van der Waals surface area contributed by atoms with Crippen molar-refractivity contribution in [3.8, 4) is 0 Å². The number of anilines is 1.